The monoisotopic (exact) mass is 401 g/mol. The first-order valence-electron chi connectivity index (χ1n) is 7.57. The molecule has 0 radical (unpaired) electrons. The zero-order valence-corrected chi connectivity index (χ0v) is 17.2. The van der Waals surface area contributed by atoms with E-state index in [4.69, 9.17) is 0 Å². The van der Waals surface area contributed by atoms with Gasteiger partial charge in [0.25, 0.3) is 0 Å². The van der Waals surface area contributed by atoms with Gasteiger partial charge in [0, 0.05) is 0 Å². The van der Waals surface area contributed by atoms with Crippen LogP contribution in [0.3, 0.4) is 0 Å². The third kappa shape index (κ3) is 3.36. The van der Waals surface area contributed by atoms with Gasteiger partial charge in [0.1, 0.15) is 0 Å². The topological polar surface area (TPSA) is 0 Å². The maximum atomic E-state index is 2.58. The van der Waals surface area contributed by atoms with Crippen LogP contribution in [0.4, 0.5) is 0 Å². The number of halogens is 2. The van der Waals surface area contributed by atoms with Gasteiger partial charge in [-0.05, 0) is 0 Å². The Hall–Kier alpha value is 0.423. The van der Waals surface area contributed by atoms with Gasteiger partial charge in [-0.1, -0.05) is 0 Å². The molecule has 1 aromatic rings. The van der Waals surface area contributed by atoms with Crippen molar-refractivity contribution in [1.82, 2.24) is 0 Å². The molecule has 0 saturated heterocycles. The normalized spacial score (nSPS) is 30.7. The maximum absolute atomic E-state index is 2.58. The van der Waals surface area contributed by atoms with Crippen molar-refractivity contribution >= 4 is 34.2 Å². The Balaban J connectivity index is 0.00000110. The molecule has 0 aliphatic heterocycles. The molecule has 1 aromatic carbocycles. The van der Waals surface area contributed by atoms with E-state index in [0.29, 0.717) is 5.41 Å². The predicted octanol–water partition coefficient (Wildman–Crippen LogP) is 4.12. The van der Waals surface area contributed by atoms with E-state index in [1.54, 1.807) is 33.2 Å². The van der Waals surface area contributed by atoms with Crippen LogP contribution in [-0.2, 0) is 24.7 Å². The van der Waals surface area contributed by atoms with Crippen LogP contribution in [-0.4, -0.2) is 0 Å². The van der Waals surface area contributed by atoms with Crippen LogP contribution in [0.1, 0.15) is 45.1 Å². The summed E-state index contributed by atoms with van der Waals surface area (Å²) in [5.41, 5.74) is 1.81. The van der Waals surface area contributed by atoms with E-state index in [0.717, 1.165) is 11.8 Å². The Morgan fingerprint density at radius 1 is 1.10 bits per heavy atom. The second-order valence-corrected chi connectivity index (χ2v) is 8.03. The van der Waals surface area contributed by atoms with Crippen molar-refractivity contribution in [2.45, 2.75) is 46.5 Å². The van der Waals surface area contributed by atoms with E-state index in [2.05, 4.69) is 45.0 Å². The minimum atomic E-state index is 0. The molecule has 0 amide bonds. The Bertz CT molecular complexity index is 615. The Morgan fingerprint density at radius 2 is 1.71 bits per heavy atom. The number of aryl methyl sites for hydroxylation is 1. The third-order valence-corrected chi connectivity index (χ3v) is 7.35. The summed E-state index contributed by atoms with van der Waals surface area (Å²) in [5, 5.41) is 3.06. The fourth-order valence-electron chi connectivity index (χ4n) is 4.00. The van der Waals surface area contributed by atoms with Crippen molar-refractivity contribution in [3.05, 3.63) is 34.2 Å². The van der Waals surface area contributed by atoms with E-state index in [-0.39, 0.29) is 24.8 Å². The van der Waals surface area contributed by atoms with Crippen molar-refractivity contribution in [1.29, 1.82) is 0 Å². The third-order valence-electron chi connectivity index (χ3n) is 5.41. The molecule has 0 bridgehead atoms. The van der Waals surface area contributed by atoms with Crippen LogP contribution in [0.2, 0.25) is 0 Å². The second kappa shape index (κ2) is 7.33. The molecule has 0 N–H and O–H groups in total. The first kappa shape index (κ1) is 19.5. The van der Waals surface area contributed by atoms with Gasteiger partial charge < -0.3 is 0 Å². The first-order chi connectivity index (χ1) is 9.02. The fraction of sp³-hybridized carbons (Fsp3) is 0.556. The second-order valence-electron chi connectivity index (χ2n) is 6.80. The van der Waals surface area contributed by atoms with Crippen LogP contribution >= 0.6 is 24.8 Å². The molecule has 1 saturated carbocycles. The van der Waals surface area contributed by atoms with Crippen molar-refractivity contribution in [2.75, 3.05) is 0 Å². The maximum Gasteiger partial charge on any atom is -0.147 e. The minimum Gasteiger partial charge on any atom is -0.147 e. The molecule has 0 aromatic heterocycles. The standard InChI is InChI=1S/C18H23.2ClH.Zr/c1-13-7-9-16(10-8-13)18(3)11-15-6-4-5-14(2)17(15)12-18;;;/h4-6,11,13,16H,7-10H2,1-3H3;2*1H;. The molecule has 0 heterocycles. The summed E-state index contributed by atoms with van der Waals surface area (Å²) in [6, 6.07) is 6.79. The van der Waals surface area contributed by atoms with Crippen LogP contribution < -0.4 is 10.4 Å². The van der Waals surface area contributed by atoms with E-state index in [1.165, 1.54) is 36.5 Å². The summed E-state index contributed by atoms with van der Waals surface area (Å²) in [4.78, 5) is 0. The zero-order chi connectivity index (χ0) is 13.6. The quantitative estimate of drug-likeness (QED) is 0.662. The summed E-state index contributed by atoms with van der Waals surface area (Å²) < 4.78 is 1.70. The average molecular weight is 404 g/mol. The summed E-state index contributed by atoms with van der Waals surface area (Å²) in [6.07, 6.45) is 8.26. The van der Waals surface area contributed by atoms with Gasteiger partial charge in [0.05, 0.1) is 0 Å². The molecule has 1 unspecified atom stereocenters. The van der Waals surface area contributed by atoms with E-state index in [1.807, 2.05) is 0 Å². The van der Waals surface area contributed by atoms with Crippen molar-refractivity contribution < 1.29 is 24.7 Å². The molecule has 2 aliphatic carbocycles. The number of benzene rings is 1. The Morgan fingerprint density at radius 3 is 2.29 bits per heavy atom. The SMILES string of the molecule is Cc1cccc2c1=[C]([Zr])C(C)(C1CCC(C)CC1)C=2.Cl.Cl. The fourth-order valence-corrected chi connectivity index (χ4v) is 5.52. The Labute approximate surface area is 156 Å². The molecule has 1 fully saturated rings. The molecule has 1 atom stereocenters. The Kier molecular flexibility index (Phi) is 6.80. The number of hydrogen-bond donors (Lipinski definition) is 0. The molecular weight excluding hydrogens is 378 g/mol. The van der Waals surface area contributed by atoms with E-state index < -0.39 is 0 Å². The van der Waals surface area contributed by atoms with E-state index in [9.17, 15) is 0 Å². The number of fused-ring (bicyclic) bond motifs is 1. The summed E-state index contributed by atoms with van der Waals surface area (Å²) in [5.74, 6) is 1.81. The number of hydrogen-bond acceptors (Lipinski definition) is 0. The number of rotatable bonds is 1. The van der Waals surface area contributed by atoms with Gasteiger partial charge >= 0.3 is 132 Å². The molecule has 0 nitrogen and oxygen atoms in total. The van der Waals surface area contributed by atoms with E-state index >= 15 is 0 Å². The van der Waals surface area contributed by atoms with Crippen molar-refractivity contribution in [2.24, 2.45) is 17.3 Å². The predicted molar refractivity (Wildman–Crippen MR) is 92.0 cm³/mol. The van der Waals surface area contributed by atoms with Gasteiger partial charge in [-0.3, -0.25) is 0 Å². The summed E-state index contributed by atoms with van der Waals surface area (Å²) >= 11 is 1.61. The smallest absolute Gasteiger partial charge is 0.147 e. The van der Waals surface area contributed by atoms with Gasteiger partial charge in [-0.25, -0.2) is 0 Å². The molecule has 2 aliphatic rings. The molecular formula is C18H25Cl2Zr. The average Bonchev–Trinajstić information content (AvgIpc) is 2.64. The van der Waals surface area contributed by atoms with Crippen LogP contribution in [0, 0.1) is 24.2 Å². The first-order valence-corrected chi connectivity index (χ1v) is 8.80. The van der Waals surface area contributed by atoms with Crippen molar-refractivity contribution in [3.63, 3.8) is 0 Å². The molecule has 0 spiro atoms. The van der Waals surface area contributed by atoms with Gasteiger partial charge in [0.2, 0.25) is 0 Å². The minimum absolute atomic E-state index is 0. The van der Waals surface area contributed by atoms with Crippen molar-refractivity contribution in [3.8, 4) is 0 Å². The van der Waals surface area contributed by atoms with Crippen LogP contribution in [0.15, 0.2) is 18.2 Å². The largest absolute Gasteiger partial charge is 0.147 e. The van der Waals surface area contributed by atoms with Crippen LogP contribution in [0.5, 0.6) is 0 Å². The van der Waals surface area contributed by atoms with Gasteiger partial charge in [-0.15, -0.1) is 24.8 Å². The zero-order valence-electron chi connectivity index (χ0n) is 13.1. The summed E-state index contributed by atoms with van der Waals surface area (Å²) in [7, 11) is 0. The van der Waals surface area contributed by atoms with Gasteiger partial charge in [-0.2, -0.15) is 0 Å². The van der Waals surface area contributed by atoms with Gasteiger partial charge in [0.15, 0.2) is 0 Å². The molecule has 3 rings (SSSR count). The summed E-state index contributed by atoms with van der Waals surface area (Å²) in [6.45, 7) is 7.18. The molecule has 3 heteroatoms. The van der Waals surface area contributed by atoms with Crippen LogP contribution in [0.25, 0.3) is 9.36 Å². The molecule has 21 heavy (non-hydrogen) atoms. The molecule has 115 valence electrons.